The molecule has 2 aromatic rings. The summed E-state index contributed by atoms with van der Waals surface area (Å²) in [6, 6.07) is 9.96. The zero-order valence-corrected chi connectivity index (χ0v) is 15.9. The van der Waals surface area contributed by atoms with E-state index in [1.807, 2.05) is 0 Å². The lowest BCUT2D eigenvalue weighted by Gasteiger charge is -2.12. The molecule has 0 saturated carbocycles. The molecule has 2 rings (SSSR count). The minimum atomic E-state index is -3.73. The maximum atomic E-state index is 12.4. The van der Waals surface area contributed by atoms with Crippen LogP contribution in [0.3, 0.4) is 0 Å². The maximum Gasteiger partial charge on any atom is 0.263 e. The Kier molecular flexibility index (Phi) is 5.53. The van der Waals surface area contributed by atoms with Crippen LogP contribution >= 0.6 is 50.1 Å². The standard InChI is InChI=1S/C13H11BrClIN2O2S/c14-10-5-8(7-17)1-4-13(10)21(19,20)18-12-3-2-9(16)6-11(12)15/h1-6,18H,7,17H2. The average Bonchev–Trinajstić information content (AvgIpc) is 2.41. The lowest BCUT2D eigenvalue weighted by atomic mass is 10.2. The second-order valence-electron chi connectivity index (χ2n) is 4.20. The summed E-state index contributed by atoms with van der Waals surface area (Å²) in [7, 11) is -3.73. The van der Waals surface area contributed by atoms with Crippen LogP contribution in [-0.4, -0.2) is 8.42 Å². The van der Waals surface area contributed by atoms with Crippen LogP contribution in [0.4, 0.5) is 5.69 Å². The van der Waals surface area contributed by atoms with Crippen LogP contribution in [-0.2, 0) is 16.6 Å². The van der Waals surface area contributed by atoms with E-state index in [0.29, 0.717) is 21.7 Å². The summed E-state index contributed by atoms with van der Waals surface area (Å²) in [5, 5.41) is 0.347. The van der Waals surface area contributed by atoms with Crippen LogP contribution < -0.4 is 10.5 Å². The van der Waals surface area contributed by atoms with Crippen LogP contribution in [0.1, 0.15) is 5.56 Å². The van der Waals surface area contributed by atoms with Gasteiger partial charge in [0, 0.05) is 14.6 Å². The number of halogens is 3. The van der Waals surface area contributed by atoms with Gasteiger partial charge < -0.3 is 5.73 Å². The SMILES string of the molecule is NCc1ccc(S(=O)(=O)Nc2ccc(I)cc2Cl)c(Br)c1. The number of hydrogen-bond donors (Lipinski definition) is 2. The summed E-state index contributed by atoms with van der Waals surface area (Å²) in [5.74, 6) is 0. The number of hydrogen-bond acceptors (Lipinski definition) is 3. The Bertz CT molecular complexity index is 784. The van der Waals surface area contributed by atoms with E-state index >= 15 is 0 Å². The number of benzene rings is 2. The normalized spacial score (nSPS) is 11.4. The number of anilines is 1. The van der Waals surface area contributed by atoms with Crippen LogP contribution in [0.5, 0.6) is 0 Å². The molecule has 0 aliphatic carbocycles. The molecule has 0 spiro atoms. The van der Waals surface area contributed by atoms with Gasteiger partial charge in [0.2, 0.25) is 0 Å². The molecule has 0 aliphatic rings. The molecule has 3 N–H and O–H groups in total. The van der Waals surface area contributed by atoms with Gasteiger partial charge in [0.1, 0.15) is 4.90 Å². The van der Waals surface area contributed by atoms with Gasteiger partial charge in [-0.25, -0.2) is 8.42 Å². The van der Waals surface area contributed by atoms with Crippen molar-refractivity contribution in [3.05, 3.63) is 55.0 Å². The van der Waals surface area contributed by atoms with Crippen molar-refractivity contribution in [2.45, 2.75) is 11.4 Å². The van der Waals surface area contributed by atoms with E-state index in [2.05, 4.69) is 43.2 Å². The van der Waals surface area contributed by atoms with Crippen LogP contribution in [0.2, 0.25) is 5.02 Å². The average molecular weight is 502 g/mol. The molecule has 0 heterocycles. The molecule has 0 radical (unpaired) electrons. The van der Waals surface area contributed by atoms with Gasteiger partial charge in [-0.15, -0.1) is 0 Å². The molecule has 8 heteroatoms. The first kappa shape index (κ1) is 17.0. The second kappa shape index (κ2) is 6.82. The van der Waals surface area contributed by atoms with Gasteiger partial charge in [0.25, 0.3) is 10.0 Å². The molecule has 0 bridgehead atoms. The van der Waals surface area contributed by atoms with Gasteiger partial charge in [-0.2, -0.15) is 0 Å². The van der Waals surface area contributed by atoms with Crippen LogP contribution in [0, 0.1) is 3.57 Å². The Morgan fingerprint density at radius 2 is 1.95 bits per heavy atom. The van der Waals surface area contributed by atoms with Crippen molar-refractivity contribution in [2.75, 3.05) is 4.72 Å². The first-order valence-electron chi connectivity index (χ1n) is 5.80. The van der Waals surface area contributed by atoms with E-state index in [4.69, 9.17) is 17.3 Å². The summed E-state index contributed by atoms with van der Waals surface area (Å²) < 4.78 is 28.7. The van der Waals surface area contributed by atoms with Crippen LogP contribution in [0.15, 0.2) is 45.8 Å². The molecule has 0 amide bonds. The minimum Gasteiger partial charge on any atom is -0.326 e. The highest BCUT2D eigenvalue weighted by atomic mass is 127. The Hall–Kier alpha value is -0.350. The maximum absolute atomic E-state index is 12.4. The Morgan fingerprint density at radius 3 is 2.52 bits per heavy atom. The first-order chi connectivity index (χ1) is 9.83. The van der Waals surface area contributed by atoms with Gasteiger partial charge in [0.15, 0.2) is 0 Å². The predicted molar refractivity (Wildman–Crippen MR) is 97.0 cm³/mol. The monoisotopic (exact) mass is 500 g/mol. The molecule has 0 saturated heterocycles. The van der Waals surface area contributed by atoms with Crippen molar-refractivity contribution >= 4 is 65.8 Å². The van der Waals surface area contributed by atoms with E-state index in [1.165, 1.54) is 6.07 Å². The highest BCUT2D eigenvalue weighted by molar-refractivity contribution is 14.1. The molecular formula is C13H11BrClIN2O2S. The van der Waals surface area contributed by atoms with Crippen molar-refractivity contribution in [3.63, 3.8) is 0 Å². The van der Waals surface area contributed by atoms with E-state index in [-0.39, 0.29) is 4.90 Å². The third kappa shape index (κ3) is 4.10. The van der Waals surface area contributed by atoms with Crippen molar-refractivity contribution < 1.29 is 8.42 Å². The van der Waals surface area contributed by atoms with Crippen molar-refractivity contribution in [3.8, 4) is 0 Å². The second-order valence-corrected chi connectivity index (χ2v) is 8.36. The molecule has 112 valence electrons. The molecule has 0 fully saturated rings. The number of sulfonamides is 1. The quantitative estimate of drug-likeness (QED) is 0.623. The number of nitrogens with two attached hydrogens (primary N) is 1. The fraction of sp³-hybridized carbons (Fsp3) is 0.0769. The highest BCUT2D eigenvalue weighted by Gasteiger charge is 2.19. The molecule has 0 unspecified atom stereocenters. The van der Waals surface area contributed by atoms with E-state index in [1.54, 1.807) is 30.3 Å². The topological polar surface area (TPSA) is 72.2 Å². The van der Waals surface area contributed by atoms with Gasteiger partial charge in [-0.1, -0.05) is 17.7 Å². The Morgan fingerprint density at radius 1 is 1.24 bits per heavy atom. The van der Waals surface area contributed by atoms with Gasteiger partial charge in [0.05, 0.1) is 10.7 Å². The minimum absolute atomic E-state index is 0.134. The third-order valence-corrected chi connectivity index (χ3v) is 6.02. The molecule has 4 nitrogen and oxygen atoms in total. The summed E-state index contributed by atoms with van der Waals surface area (Å²) >= 11 is 11.4. The largest absolute Gasteiger partial charge is 0.326 e. The van der Waals surface area contributed by atoms with Crippen molar-refractivity contribution in [1.82, 2.24) is 0 Å². The van der Waals surface area contributed by atoms with Crippen LogP contribution in [0.25, 0.3) is 0 Å². The van der Waals surface area contributed by atoms with Gasteiger partial charge in [-0.3, -0.25) is 4.72 Å². The summed E-state index contributed by atoms with van der Waals surface area (Å²) in [4.78, 5) is 0.134. The summed E-state index contributed by atoms with van der Waals surface area (Å²) in [6.07, 6.45) is 0. The molecule has 21 heavy (non-hydrogen) atoms. The lowest BCUT2D eigenvalue weighted by molar-refractivity contribution is 0.600. The van der Waals surface area contributed by atoms with Gasteiger partial charge in [-0.05, 0) is 74.4 Å². The number of rotatable bonds is 4. The first-order valence-corrected chi connectivity index (χ1v) is 9.53. The van der Waals surface area contributed by atoms with E-state index in [0.717, 1.165) is 9.13 Å². The van der Waals surface area contributed by atoms with E-state index in [9.17, 15) is 8.42 Å². The number of nitrogens with one attached hydrogen (secondary N) is 1. The van der Waals surface area contributed by atoms with Gasteiger partial charge >= 0.3 is 0 Å². The Balaban J connectivity index is 2.38. The summed E-state index contributed by atoms with van der Waals surface area (Å²) in [5.41, 5.74) is 6.71. The molecule has 0 aliphatic heterocycles. The smallest absolute Gasteiger partial charge is 0.263 e. The van der Waals surface area contributed by atoms with Crippen molar-refractivity contribution in [1.29, 1.82) is 0 Å². The fourth-order valence-electron chi connectivity index (χ4n) is 1.66. The molecule has 0 atom stereocenters. The molecular weight excluding hydrogens is 490 g/mol. The zero-order valence-electron chi connectivity index (χ0n) is 10.6. The van der Waals surface area contributed by atoms with Crippen molar-refractivity contribution in [2.24, 2.45) is 5.73 Å². The van der Waals surface area contributed by atoms with E-state index < -0.39 is 10.0 Å². The lowest BCUT2D eigenvalue weighted by Crippen LogP contribution is -2.14. The molecule has 2 aromatic carbocycles. The third-order valence-electron chi connectivity index (χ3n) is 2.70. The zero-order chi connectivity index (χ0) is 15.6. The highest BCUT2D eigenvalue weighted by Crippen LogP contribution is 2.29. The Labute approximate surface area is 150 Å². The molecule has 0 aromatic heterocycles. The predicted octanol–water partition coefficient (Wildman–Crippen LogP) is 3.97. The fourth-order valence-corrected chi connectivity index (χ4v) is 4.83. The summed E-state index contributed by atoms with van der Waals surface area (Å²) in [6.45, 7) is 0.343.